The number of amides is 6. The summed E-state index contributed by atoms with van der Waals surface area (Å²) < 4.78 is 31.7. The van der Waals surface area contributed by atoms with E-state index in [1.165, 1.54) is 7.11 Å². The predicted molar refractivity (Wildman–Crippen MR) is 459 cm³/mol. The van der Waals surface area contributed by atoms with Crippen molar-refractivity contribution in [2.75, 3.05) is 135 Å². The lowest BCUT2D eigenvalue weighted by Crippen LogP contribution is -2.53. The highest BCUT2D eigenvalue weighted by Gasteiger charge is 2.32. The molecule has 0 saturated carbocycles. The number of fused-ring (bicyclic) bond motifs is 9. The van der Waals surface area contributed by atoms with Gasteiger partial charge in [0.25, 0.3) is 0 Å². The third-order valence-corrected chi connectivity index (χ3v) is 21.7. The number of hydrogen-bond acceptors (Lipinski definition) is 26. The molecule has 3 atom stereocenters. The maximum absolute atomic E-state index is 13.2. The molecule has 15 rings (SSSR count). The second-order valence-corrected chi connectivity index (χ2v) is 33.4. The van der Waals surface area contributed by atoms with E-state index in [1.807, 2.05) is 147 Å². The number of hydrogen-bond donors (Lipinski definition) is 5. The number of nitrogens with one attached hydrogen (secondary N) is 5. The number of nitrogens with zero attached hydrogens (tertiary/aromatic N) is 22. The van der Waals surface area contributed by atoms with Gasteiger partial charge in [0.2, 0.25) is 35.6 Å². The molecule has 0 unspecified atom stereocenters. The number of benzene rings is 4. The van der Waals surface area contributed by atoms with Gasteiger partial charge < -0.3 is 65.1 Å². The molecule has 4 aromatic carbocycles. The fraction of sp³-hybridized carbons (Fsp3) is 0.430. The molecule has 11 heterocycles. The number of ether oxygens (including phenoxy) is 4. The monoisotopic (exact) mass is 1820 g/mol. The molecular formula is C79H96Br3N27O10. The number of anilines is 3. The molecule has 3 aliphatic heterocycles. The molecule has 0 bridgehead atoms. The molecule has 0 radical (unpaired) electrons. The van der Waals surface area contributed by atoms with E-state index in [-0.39, 0.29) is 36.0 Å². The summed E-state index contributed by atoms with van der Waals surface area (Å²) in [6.45, 7) is 25.9. The molecule has 0 aliphatic carbocycles. The number of para-hydroxylation sites is 3. The molecule has 12 aromatic rings. The molecule has 3 aliphatic rings. The zero-order chi connectivity index (χ0) is 84.7. The largest absolute Gasteiger partial charge is 0.497 e. The number of piperazine rings is 3. The minimum absolute atomic E-state index is 0.0933. The summed E-state index contributed by atoms with van der Waals surface area (Å²) in [5.74, 6) is 3.09. The van der Waals surface area contributed by atoms with E-state index in [4.69, 9.17) is 54.0 Å². The molecule has 0 spiro atoms. The van der Waals surface area contributed by atoms with Crippen molar-refractivity contribution in [2.45, 2.75) is 91.6 Å². The molecule has 3 saturated heterocycles. The van der Waals surface area contributed by atoms with E-state index in [2.05, 4.69) is 105 Å². The van der Waals surface area contributed by atoms with Crippen LogP contribution in [-0.2, 0) is 42.7 Å². The Balaban J connectivity index is 0.000000155. The first-order valence-electron chi connectivity index (χ1n) is 38.9. The van der Waals surface area contributed by atoms with Crippen molar-refractivity contribution >= 4 is 151 Å². The van der Waals surface area contributed by atoms with Crippen LogP contribution in [0.3, 0.4) is 0 Å². The minimum Gasteiger partial charge on any atom is -0.497 e. The van der Waals surface area contributed by atoms with Gasteiger partial charge in [-0.05, 0) is 171 Å². The van der Waals surface area contributed by atoms with Crippen molar-refractivity contribution in [2.24, 2.45) is 14.1 Å². The lowest BCUT2D eigenvalue weighted by Gasteiger charge is -2.35. The average Bonchev–Trinajstić information content (AvgIpc) is 1.66. The maximum Gasteiger partial charge on any atom is 0.410 e. The summed E-state index contributed by atoms with van der Waals surface area (Å²) in [6.07, 6.45) is 6.15. The molecule has 628 valence electrons. The minimum atomic E-state index is -0.590. The van der Waals surface area contributed by atoms with Gasteiger partial charge in [0.05, 0.1) is 54.3 Å². The first kappa shape index (κ1) is 85.4. The Morgan fingerprint density at radius 2 is 0.782 bits per heavy atom. The number of carbonyl (C=O) groups is 6. The van der Waals surface area contributed by atoms with E-state index in [9.17, 15) is 28.8 Å². The third kappa shape index (κ3) is 20.4. The Morgan fingerprint density at radius 1 is 0.437 bits per heavy atom. The fourth-order valence-corrected chi connectivity index (χ4v) is 14.8. The van der Waals surface area contributed by atoms with Crippen molar-refractivity contribution in [3.05, 3.63) is 117 Å². The number of aryl methyl sites for hydroxylation is 2. The second kappa shape index (κ2) is 36.8. The van der Waals surface area contributed by atoms with Gasteiger partial charge in [-0.25, -0.2) is 44.3 Å². The van der Waals surface area contributed by atoms with Crippen LogP contribution in [0.5, 0.6) is 5.75 Å². The smallest absolute Gasteiger partial charge is 0.410 e. The molecular weight excluding hydrogens is 1730 g/mol. The van der Waals surface area contributed by atoms with Crippen LogP contribution in [0.1, 0.15) is 62.3 Å². The van der Waals surface area contributed by atoms with Crippen LogP contribution >= 0.6 is 47.8 Å². The van der Waals surface area contributed by atoms with Crippen LogP contribution in [0, 0.1) is 0 Å². The highest BCUT2D eigenvalue weighted by Crippen LogP contribution is 2.34. The molecule has 3 fully saturated rings. The summed E-state index contributed by atoms with van der Waals surface area (Å²) >= 11 is 10.8. The zero-order valence-corrected chi connectivity index (χ0v) is 73.2. The molecule has 37 nitrogen and oxygen atoms in total. The van der Waals surface area contributed by atoms with E-state index in [0.717, 1.165) is 78.2 Å². The fourth-order valence-electron chi connectivity index (χ4n) is 13.5. The molecule has 40 heteroatoms. The van der Waals surface area contributed by atoms with Crippen LogP contribution in [0.4, 0.5) is 32.2 Å². The normalized spacial score (nSPS) is 15.1. The van der Waals surface area contributed by atoms with Crippen LogP contribution in [0.2, 0.25) is 0 Å². The van der Waals surface area contributed by atoms with E-state index >= 15 is 0 Å². The van der Waals surface area contributed by atoms with Gasteiger partial charge in [-0.2, -0.15) is 23.7 Å². The topological polar surface area (TPSA) is 384 Å². The number of rotatable bonds is 19. The summed E-state index contributed by atoms with van der Waals surface area (Å²) in [6, 6.07) is 23.1. The number of halogens is 3. The van der Waals surface area contributed by atoms with Crippen LogP contribution < -0.4 is 31.3 Å². The Morgan fingerprint density at radius 3 is 1.13 bits per heavy atom. The average molecular weight is 1820 g/mol. The first-order chi connectivity index (χ1) is 56.8. The second-order valence-electron chi connectivity index (χ2n) is 30.8. The van der Waals surface area contributed by atoms with Crippen LogP contribution in [-0.4, -0.2) is 292 Å². The molecule has 119 heavy (non-hydrogen) atoms. The Kier molecular flexibility index (Phi) is 26.4. The lowest BCUT2D eigenvalue weighted by atomic mass is 10.2. The van der Waals surface area contributed by atoms with Crippen molar-refractivity contribution in [3.8, 4) is 39.9 Å². The number of aromatic nitrogens is 16. The Bertz CT molecular complexity index is 5700. The van der Waals surface area contributed by atoms with Crippen LogP contribution in [0.15, 0.2) is 117 Å². The highest BCUT2D eigenvalue weighted by atomic mass is 79.9. The lowest BCUT2D eigenvalue weighted by molar-refractivity contribution is -0.133. The SMILES string of the molecule is COC(=O)N1CCN(C(=O)[C@@H](C)Nc2nc3c(Br)cccc3c3nc(-c4cnn(C)c4)nn23)CC1.COc1ccc(-c2nc3c4cccc(Br)c4nc(N[C@H](C)C(=O)NCCN4CCN(C(=O)OC(C)(C)C)CC4)n3n2)cc1.C[C@@H](Nc1nc2c(Br)cccc2c2nc(-c3cnn(C)c3)nn12)C(=O)NCCN1CCN(C(=O)OC(C)(C)C)CC1. The molecule has 6 amide bonds. The quantitative estimate of drug-likeness (QED) is 0.0471. The van der Waals surface area contributed by atoms with E-state index in [0.29, 0.717) is 147 Å². The molecule has 8 aromatic heterocycles. The van der Waals surface area contributed by atoms with Gasteiger partial charge in [0.1, 0.15) is 35.1 Å². The van der Waals surface area contributed by atoms with Crippen LogP contribution in [0.25, 0.3) is 83.8 Å². The van der Waals surface area contributed by atoms with Gasteiger partial charge in [-0.15, -0.1) is 15.3 Å². The summed E-state index contributed by atoms with van der Waals surface area (Å²) in [5.41, 5.74) is 5.35. The summed E-state index contributed by atoms with van der Waals surface area (Å²) in [7, 11) is 6.65. The predicted octanol–water partition coefficient (Wildman–Crippen LogP) is 9.25. The molecule has 5 N–H and O–H groups in total. The van der Waals surface area contributed by atoms with Crippen molar-refractivity contribution < 1.29 is 47.7 Å². The third-order valence-electron chi connectivity index (χ3n) is 19.8. The van der Waals surface area contributed by atoms with Crippen molar-refractivity contribution in [1.82, 2.24) is 118 Å². The van der Waals surface area contributed by atoms with Crippen molar-refractivity contribution in [1.29, 1.82) is 0 Å². The van der Waals surface area contributed by atoms with Crippen molar-refractivity contribution in [3.63, 3.8) is 0 Å². The van der Waals surface area contributed by atoms with Gasteiger partial charge >= 0.3 is 18.3 Å². The Labute approximate surface area is 710 Å². The van der Waals surface area contributed by atoms with E-state index in [1.54, 1.807) is 82.8 Å². The standard InChI is InChI=1S/C30H37BrN8O4.C27H35BrN10O3.C22H24BrN9O3/c1-19(27(40)32-13-14-37-15-17-38(18-16-37)29(41)43-30(2,3)4)33-28-34-24-22(7-6-8-23(24)31)26-35-25(36-39(26)28)20-9-11-21(42-5)12-10-20;1-17(24(39)29-9-10-36-11-13-37(14-12-36)26(40)41-27(2,3)4)31-25-32-21-19(7-6-8-20(21)28)23-33-22(34-38(23)25)18-15-30-35(5)16-18;1-13(20(33)30-7-9-31(10-8-30)22(34)35-3)25-21-26-17-15(5-4-6-16(17)23)19-27-18(28-32(19)21)14-11-24-29(2)12-14/h6-12,19H,13-18H2,1-5H3,(H,32,40)(H,33,34);6-8,15-17H,9-14H2,1-5H3,(H,29,39)(H,31,32);4-6,11-13H,7-10H2,1-3H3,(H,25,26)/t19-;17-;13-/m111/s1. The highest BCUT2D eigenvalue weighted by molar-refractivity contribution is 9.11. The van der Waals surface area contributed by atoms with Gasteiger partial charge in [-0.3, -0.25) is 33.5 Å². The number of methoxy groups -OCH3 is 2. The Hall–Kier alpha value is -11.5. The number of carbonyl (C=O) groups excluding carboxylic acids is 6. The zero-order valence-electron chi connectivity index (χ0n) is 68.4. The van der Waals surface area contributed by atoms with Gasteiger partial charge in [0.15, 0.2) is 34.4 Å². The van der Waals surface area contributed by atoms with E-state index < -0.39 is 29.3 Å². The van der Waals surface area contributed by atoms with Gasteiger partial charge in [-0.1, -0.05) is 18.2 Å². The summed E-state index contributed by atoms with van der Waals surface area (Å²) in [5, 5.41) is 40.7. The van der Waals surface area contributed by atoms with Gasteiger partial charge in [0, 0.05) is 166 Å². The first-order valence-corrected chi connectivity index (χ1v) is 41.3. The maximum atomic E-state index is 13.2. The summed E-state index contributed by atoms with van der Waals surface area (Å²) in [4.78, 5) is 116.